The Balaban J connectivity index is 1.79. The van der Waals surface area contributed by atoms with Crippen molar-refractivity contribution in [3.63, 3.8) is 0 Å². The molecule has 1 fully saturated rings. The minimum atomic E-state index is 0.0503. The minimum absolute atomic E-state index is 0.0503. The molecular formula is C14H18N6O2. The highest BCUT2D eigenvalue weighted by atomic mass is 16.5. The summed E-state index contributed by atoms with van der Waals surface area (Å²) in [6, 6.07) is 5.40. The van der Waals surface area contributed by atoms with Crippen molar-refractivity contribution < 1.29 is 9.53 Å². The van der Waals surface area contributed by atoms with Gasteiger partial charge in [0.25, 0.3) is 0 Å². The number of piperidine rings is 1. The van der Waals surface area contributed by atoms with Crippen LogP contribution in [0.15, 0.2) is 24.5 Å². The van der Waals surface area contributed by atoms with Gasteiger partial charge in [-0.2, -0.15) is 4.68 Å². The fourth-order valence-electron chi connectivity index (χ4n) is 2.55. The number of hydrogen-bond donors (Lipinski definition) is 2. The largest absolute Gasteiger partial charge is 0.494 e. The molecule has 2 heterocycles. The molecule has 0 spiro atoms. The highest BCUT2D eigenvalue weighted by Gasteiger charge is 2.21. The Morgan fingerprint density at radius 2 is 2.23 bits per heavy atom. The van der Waals surface area contributed by atoms with Gasteiger partial charge in [0.05, 0.1) is 7.11 Å². The van der Waals surface area contributed by atoms with Gasteiger partial charge in [0.2, 0.25) is 5.91 Å². The number of carbonyl (C=O) groups is 1. The zero-order valence-electron chi connectivity index (χ0n) is 12.3. The molecule has 3 rings (SSSR count). The van der Waals surface area contributed by atoms with Crippen molar-refractivity contribution in [2.45, 2.75) is 12.8 Å². The van der Waals surface area contributed by atoms with E-state index in [1.165, 1.54) is 11.0 Å². The van der Waals surface area contributed by atoms with Gasteiger partial charge in [-0.3, -0.25) is 4.79 Å². The van der Waals surface area contributed by atoms with Crippen molar-refractivity contribution in [2.24, 2.45) is 5.92 Å². The van der Waals surface area contributed by atoms with Crippen LogP contribution < -0.4 is 15.4 Å². The fraction of sp³-hybridized carbons (Fsp3) is 0.429. The second-order valence-electron chi connectivity index (χ2n) is 5.15. The predicted molar refractivity (Wildman–Crippen MR) is 79.9 cm³/mol. The average molecular weight is 302 g/mol. The van der Waals surface area contributed by atoms with Gasteiger partial charge in [-0.25, -0.2) is 0 Å². The Kier molecular flexibility index (Phi) is 4.29. The van der Waals surface area contributed by atoms with E-state index < -0.39 is 0 Å². The van der Waals surface area contributed by atoms with Gasteiger partial charge in [-0.05, 0) is 54.6 Å². The third-order valence-corrected chi connectivity index (χ3v) is 3.75. The van der Waals surface area contributed by atoms with E-state index in [2.05, 4.69) is 26.2 Å². The number of nitrogens with one attached hydrogen (secondary N) is 2. The molecule has 1 aliphatic rings. The Morgan fingerprint density at radius 3 is 2.91 bits per heavy atom. The molecule has 1 aromatic heterocycles. The normalized spacial score (nSPS) is 15.5. The molecule has 0 unspecified atom stereocenters. The molecule has 1 saturated heterocycles. The van der Waals surface area contributed by atoms with Crippen LogP contribution in [0, 0.1) is 5.92 Å². The lowest BCUT2D eigenvalue weighted by Crippen LogP contribution is -2.34. The van der Waals surface area contributed by atoms with E-state index in [0.29, 0.717) is 17.1 Å². The lowest BCUT2D eigenvalue weighted by molar-refractivity contribution is -0.120. The molecule has 2 aromatic rings. The minimum Gasteiger partial charge on any atom is -0.494 e. The van der Waals surface area contributed by atoms with E-state index in [4.69, 9.17) is 4.74 Å². The average Bonchev–Trinajstić information content (AvgIpc) is 3.10. The van der Waals surface area contributed by atoms with Gasteiger partial charge in [0, 0.05) is 11.6 Å². The monoisotopic (exact) mass is 302 g/mol. The van der Waals surface area contributed by atoms with Gasteiger partial charge < -0.3 is 15.4 Å². The topological polar surface area (TPSA) is 94.0 Å². The number of rotatable bonds is 4. The van der Waals surface area contributed by atoms with Crippen LogP contribution in [-0.4, -0.2) is 46.3 Å². The zero-order chi connectivity index (χ0) is 15.4. The van der Waals surface area contributed by atoms with Crippen molar-refractivity contribution in [1.82, 2.24) is 25.5 Å². The number of aromatic nitrogens is 4. The van der Waals surface area contributed by atoms with E-state index in [-0.39, 0.29) is 11.8 Å². The Hall–Kier alpha value is -2.48. The molecule has 116 valence electrons. The summed E-state index contributed by atoms with van der Waals surface area (Å²) in [5, 5.41) is 17.3. The first-order chi connectivity index (χ1) is 10.8. The number of amides is 1. The first-order valence-electron chi connectivity index (χ1n) is 7.21. The number of methoxy groups -OCH3 is 1. The summed E-state index contributed by atoms with van der Waals surface area (Å²) in [5.41, 5.74) is 1.38. The number of carbonyl (C=O) groups excluding carboxylic acids is 1. The van der Waals surface area contributed by atoms with E-state index in [9.17, 15) is 4.79 Å². The Morgan fingerprint density at radius 1 is 1.41 bits per heavy atom. The molecule has 1 amide bonds. The van der Waals surface area contributed by atoms with Gasteiger partial charge in [-0.15, -0.1) is 5.10 Å². The standard InChI is InChI=1S/C14H18N6O2/c1-22-13-3-2-11(8-12(13)20-9-16-18-19-20)17-14(21)10-4-6-15-7-5-10/h2-3,8-10,15H,4-7H2,1H3,(H,17,21). The van der Waals surface area contributed by atoms with E-state index in [0.717, 1.165) is 25.9 Å². The fourth-order valence-corrected chi connectivity index (χ4v) is 2.55. The molecule has 0 bridgehead atoms. The molecule has 0 saturated carbocycles. The van der Waals surface area contributed by atoms with Crippen molar-refractivity contribution in [3.8, 4) is 11.4 Å². The second-order valence-corrected chi connectivity index (χ2v) is 5.15. The molecule has 0 atom stereocenters. The SMILES string of the molecule is COc1ccc(NC(=O)C2CCNCC2)cc1-n1cnnn1. The molecule has 8 nitrogen and oxygen atoms in total. The third-order valence-electron chi connectivity index (χ3n) is 3.75. The van der Waals surface area contributed by atoms with Crippen LogP contribution in [0.5, 0.6) is 5.75 Å². The molecule has 2 N–H and O–H groups in total. The second kappa shape index (κ2) is 6.52. The first-order valence-corrected chi connectivity index (χ1v) is 7.21. The quantitative estimate of drug-likeness (QED) is 0.859. The first kappa shape index (κ1) is 14.5. The molecule has 1 aliphatic heterocycles. The highest BCUT2D eigenvalue weighted by molar-refractivity contribution is 5.93. The summed E-state index contributed by atoms with van der Waals surface area (Å²) in [4.78, 5) is 12.3. The summed E-state index contributed by atoms with van der Waals surface area (Å²) in [7, 11) is 1.58. The van der Waals surface area contributed by atoms with Crippen LogP contribution in [0.2, 0.25) is 0 Å². The summed E-state index contributed by atoms with van der Waals surface area (Å²) >= 11 is 0. The van der Waals surface area contributed by atoms with Gasteiger partial charge >= 0.3 is 0 Å². The number of ether oxygens (including phenoxy) is 1. The van der Waals surface area contributed by atoms with Crippen molar-refractivity contribution in [1.29, 1.82) is 0 Å². The number of nitrogens with zero attached hydrogens (tertiary/aromatic N) is 4. The number of anilines is 1. The van der Waals surface area contributed by atoms with Crippen molar-refractivity contribution in [3.05, 3.63) is 24.5 Å². The molecule has 0 radical (unpaired) electrons. The predicted octanol–water partition coefficient (Wildman–Crippen LogP) is 0.609. The van der Waals surface area contributed by atoms with E-state index >= 15 is 0 Å². The number of hydrogen-bond acceptors (Lipinski definition) is 6. The van der Waals surface area contributed by atoms with E-state index in [1.807, 2.05) is 6.07 Å². The molecule has 0 aliphatic carbocycles. The Bertz CT molecular complexity index is 637. The molecule has 22 heavy (non-hydrogen) atoms. The highest BCUT2D eigenvalue weighted by Crippen LogP contribution is 2.26. The third kappa shape index (κ3) is 3.06. The van der Waals surface area contributed by atoms with Crippen molar-refractivity contribution >= 4 is 11.6 Å². The summed E-state index contributed by atoms with van der Waals surface area (Å²) in [6.45, 7) is 1.77. The summed E-state index contributed by atoms with van der Waals surface area (Å²) in [6.07, 6.45) is 3.21. The van der Waals surface area contributed by atoms with Crippen molar-refractivity contribution in [2.75, 3.05) is 25.5 Å². The maximum atomic E-state index is 12.3. The van der Waals surface area contributed by atoms with Gasteiger partial charge in [0.15, 0.2) is 0 Å². The molecular weight excluding hydrogens is 284 g/mol. The van der Waals surface area contributed by atoms with Crippen LogP contribution in [0.1, 0.15) is 12.8 Å². The van der Waals surface area contributed by atoms with Crippen LogP contribution in [-0.2, 0) is 4.79 Å². The lowest BCUT2D eigenvalue weighted by Gasteiger charge is -2.22. The molecule has 8 heteroatoms. The van der Waals surface area contributed by atoms with Crippen LogP contribution >= 0.6 is 0 Å². The Labute approximate surface area is 127 Å². The maximum absolute atomic E-state index is 12.3. The molecule has 1 aromatic carbocycles. The van der Waals surface area contributed by atoms with Gasteiger partial charge in [-0.1, -0.05) is 0 Å². The van der Waals surface area contributed by atoms with E-state index in [1.54, 1.807) is 19.2 Å². The number of tetrazole rings is 1. The van der Waals surface area contributed by atoms with Crippen LogP contribution in [0.3, 0.4) is 0 Å². The van der Waals surface area contributed by atoms with Crippen LogP contribution in [0.4, 0.5) is 5.69 Å². The van der Waals surface area contributed by atoms with Gasteiger partial charge in [0.1, 0.15) is 17.8 Å². The lowest BCUT2D eigenvalue weighted by atomic mass is 9.97. The number of benzene rings is 1. The maximum Gasteiger partial charge on any atom is 0.227 e. The smallest absolute Gasteiger partial charge is 0.227 e. The summed E-state index contributed by atoms with van der Waals surface area (Å²) < 4.78 is 6.81. The summed E-state index contributed by atoms with van der Waals surface area (Å²) in [5.74, 6) is 0.737. The van der Waals surface area contributed by atoms with Crippen LogP contribution in [0.25, 0.3) is 5.69 Å². The zero-order valence-corrected chi connectivity index (χ0v) is 12.3.